The van der Waals surface area contributed by atoms with E-state index >= 15 is 0 Å². The van der Waals surface area contributed by atoms with Gasteiger partial charge in [-0.05, 0) is 31.0 Å². The number of ether oxygens (including phenoxy) is 1. The number of nitrogens with zero attached hydrogens (tertiary/aromatic N) is 3. The van der Waals surface area contributed by atoms with Crippen molar-refractivity contribution >= 4 is 5.91 Å². The molecule has 0 atom stereocenters. The van der Waals surface area contributed by atoms with E-state index in [1.807, 2.05) is 39.9 Å². The number of morpholine rings is 1. The summed E-state index contributed by atoms with van der Waals surface area (Å²) in [5.74, 6) is 0.186. The molecule has 0 N–H and O–H groups in total. The Kier molecular flexibility index (Phi) is 5.53. The summed E-state index contributed by atoms with van der Waals surface area (Å²) in [4.78, 5) is 14.5. The lowest BCUT2D eigenvalue weighted by Gasteiger charge is -2.26. The first-order valence-electron chi connectivity index (χ1n) is 9.77. The number of aromatic nitrogens is 2. The first-order chi connectivity index (χ1) is 13.7. The zero-order valence-corrected chi connectivity index (χ0v) is 16.2. The van der Waals surface area contributed by atoms with E-state index in [0.717, 1.165) is 22.5 Å². The highest BCUT2D eigenvalue weighted by molar-refractivity contribution is 5.77. The number of rotatable bonds is 5. The van der Waals surface area contributed by atoms with Gasteiger partial charge in [-0.25, -0.2) is 4.68 Å². The summed E-state index contributed by atoms with van der Waals surface area (Å²) in [7, 11) is 0. The van der Waals surface area contributed by atoms with Gasteiger partial charge in [-0.1, -0.05) is 48.0 Å². The second-order valence-electron chi connectivity index (χ2n) is 7.14. The average molecular weight is 375 g/mol. The summed E-state index contributed by atoms with van der Waals surface area (Å²) in [6.45, 7) is 4.71. The number of aryl methyl sites for hydroxylation is 2. The van der Waals surface area contributed by atoms with Gasteiger partial charge in [0.05, 0.1) is 24.6 Å². The summed E-state index contributed by atoms with van der Waals surface area (Å²) in [5, 5.41) is 4.84. The van der Waals surface area contributed by atoms with Crippen LogP contribution in [-0.4, -0.2) is 46.9 Å². The molecule has 28 heavy (non-hydrogen) atoms. The van der Waals surface area contributed by atoms with Crippen LogP contribution in [0, 0.1) is 6.92 Å². The second-order valence-corrected chi connectivity index (χ2v) is 7.14. The van der Waals surface area contributed by atoms with Crippen molar-refractivity contribution in [3.63, 3.8) is 0 Å². The summed E-state index contributed by atoms with van der Waals surface area (Å²) in [6, 6.07) is 18.5. The van der Waals surface area contributed by atoms with Crippen LogP contribution in [0.25, 0.3) is 16.9 Å². The fourth-order valence-electron chi connectivity index (χ4n) is 3.47. The normalized spacial score (nSPS) is 14.2. The fourth-order valence-corrected chi connectivity index (χ4v) is 3.47. The van der Waals surface area contributed by atoms with E-state index in [1.165, 1.54) is 5.56 Å². The van der Waals surface area contributed by atoms with E-state index in [-0.39, 0.29) is 5.91 Å². The van der Waals surface area contributed by atoms with E-state index < -0.39 is 0 Å². The molecule has 1 fully saturated rings. The van der Waals surface area contributed by atoms with Gasteiger partial charge < -0.3 is 9.64 Å². The van der Waals surface area contributed by atoms with E-state index in [4.69, 9.17) is 9.84 Å². The van der Waals surface area contributed by atoms with Gasteiger partial charge in [0.25, 0.3) is 0 Å². The van der Waals surface area contributed by atoms with E-state index in [9.17, 15) is 4.79 Å². The van der Waals surface area contributed by atoms with Crippen LogP contribution in [0.5, 0.6) is 0 Å². The molecule has 3 aromatic rings. The third-order valence-corrected chi connectivity index (χ3v) is 5.11. The Morgan fingerprint density at radius 2 is 1.75 bits per heavy atom. The molecule has 0 unspecified atom stereocenters. The summed E-state index contributed by atoms with van der Waals surface area (Å²) in [6.07, 6.45) is 3.21. The molecule has 5 heteroatoms. The van der Waals surface area contributed by atoms with Crippen LogP contribution < -0.4 is 0 Å². The second kappa shape index (κ2) is 8.40. The van der Waals surface area contributed by atoms with Crippen LogP contribution in [0.4, 0.5) is 0 Å². The van der Waals surface area contributed by atoms with Crippen molar-refractivity contribution < 1.29 is 9.53 Å². The molecule has 0 aliphatic carbocycles. The first-order valence-corrected chi connectivity index (χ1v) is 9.77. The van der Waals surface area contributed by atoms with Crippen LogP contribution in [0.15, 0.2) is 60.8 Å². The maximum absolute atomic E-state index is 12.6. The Morgan fingerprint density at radius 3 is 2.46 bits per heavy atom. The van der Waals surface area contributed by atoms with Crippen molar-refractivity contribution in [2.75, 3.05) is 26.3 Å². The molecular formula is C23H25N3O2. The van der Waals surface area contributed by atoms with Crippen molar-refractivity contribution in [1.29, 1.82) is 0 Å². The minimum absolute atomic E-state index is 0.186. The van der Waals surface area contributed by atoms with Crippen LogP contribution >= 0.6 is 0 Å². The van der Waals surface area contributed by atoms with Crippen molar-refractivity contribution in [3.8, 4) is 16.9 Å². The number of benzene rings is 2. The molecule has 1 aliphatic rings. The Hall–Kier alpha value is -2.92. The molecule has 4 rings (SSSR count). The maximum atomic E-state index is 12.6. The van der Waals surface area contributed by atoms with Gasteiger partial charge in [0.1, 0.15) is 0 Å². The highest BCUT2D eigenvalue weighted by atomic mass is 16.5. The lowest BCUT2D eigenvalue weighted by Crippen LogP contribution is -2.40. The van der Waals surface area contributed by atoms with E-state index in [2.05, 4.69) is 37.4 Å². The quantitative estimate of drug-likeness (QED) is 0.684. The van der Waals surface area contributed by atoms with E-state index in [0.29, 0.717) is 39.1 Å². The molecule has 2 heterocycles. The third-order valence-electron chi connectivity index (χ3n) is 5.11. The molecule has 0 spiro atoms. The topological polar surface area (TPSA) is 47.4 Å². The van der Waals surface area contributed by atoms with Crippen LogP contribution in [-0.2, 0) is 16.0 Å². The van der Waals surface area contributed by atoms with E-state index in [1.54, 1.807) is 0 Å². The highest BCUT2D eigenvalue weighted by Crippen LogP contribution is 2.25. The number of amides is 1. The molecule has 2 aromatic carbocycles. The monoisotopic (exact) mass is 375 g/mol. The van der Waals surface area contributed by atoms with Gasteiger partial charge in [-0.3, -0.25) is 4.79 Å². The van der Waals surface area contributed by atoms with Gasteiger partial charge in [0, 0.05) is 31.3 Å². The predicted molar refractivity (Wildman–Crippen MR) is 109 cm³/mol. The van der Waals surface area contributed by atoms with Crippen LogP contribution in [0.2, 0.25) is 0 Å². The lowest BCUT2D eigenvalue weighted by molar-refractivity contribution is -0.135. The third kappa shape index (κ3) is 4.15. The molecular weight excluding hydrogens is 350 g/mol. The highest BCUT2D eigenvalue weighted by Gasteiger charge is 2.19. The molecule has 1 aromatic heterocycles. The van der Waals surface area contributed by atoms with Gasteiger partial charge in [-0.15, -0.1) is 0 Å². The molecule has 1 aliphatic heterocycles. The maximum Gasteiger partial charge on any atom is 0.223 e. The standard InChI is InChI=1S/C23H25N3O2/c1-18-7-9-19(10-8-18)23-20(11-12-22(27)25-13-15-28-16-14-25)17-26(24-23)21-5-3-2-4-6-21/h2-10,17H,11-16H2,1H3. The Balaban J connectivity index is 1.59. The summed E-state index contributed by atoms with van der Waals surface area (Å²) >= 11 is 0. The van der Waals surface area contributed by atoms with Gasteiger partial charge in [0.15, 0.2) is 0 Å². The Labute approximate surface area is 165 Å². The number of hydrogen-bond donors (Lipinski definition) is 0. The largest absolute Gasteiger partial charge is 0.378 e. The molecule has 1 saturated heterocycles. The predicted octanol–water partition coefficient (Wildman–Crippen LogP) is 3.64. The van der Waals surface area contributed by atoms with Gasteiger partial charge in [0.2, 0.25) is 5.91 Å². The van der Waals surface area contributed by atoms with Crippen molar-refractivity contribution in [3.05, 3.63) is 71.9 Å². The minimum Gasteiger partial charge on any atom is -0.378 e. The van der Waals surface area contributed by atoms with Gasteiger partial charge in [-0.2, -0.15) is 5.10 Å². The molecule has 5 nitrogen and oxygen atoms in total. The Bertz CT molecular complexity index is 926. The molecule has 1 amide bonds. The van der Waals surface area contributed by atoms with Crippen molar-refractivity contribution in [1.82, 2.24) is 14.7 Å². The van der Waals surface area contributed by atoms with Gasteiger partial charge >= 0.3 is 0 Å². The summed E-state index contributed by atoms with van der Waals surface area (Å²) < 4.78 is 7.25. The number of carbonyl (C=O) groups is 1. The average Bonchev–Trinajstić information content (AvgIpc) is 3.18. The van der Waals surface area contributed by atoms with Crippen LogP contribution in [0.1, 0.15) is 17.5 Å². The Morgan fingerprint density at radius 1 is 1.04 bits per heavy atom. The number of para-hydroxylation sites is 1. The molecule has 0 radical (unpaired) electrons. The molecule has 144 valence electrons. The number of hydrogen-bond acceptors (Lipinski definition) is 3. The minimum atomic E-state index is 0.186. The lowest BCUT2D eigenvalue weighted by atomic mass is 10.0. The van der Waals surface area contributed by atoms with Crippen molar-refractivity contribution in [2.24, 2.45) is 0 Å². The fraction of sp³-hybridized carbons (Fsp3) is 0.304. The zero-order valence-electron chi connectivity index (χ0n) is 16.2. The first kappa shape index (κ1) is 18.4. The van der Waals surface area contributed by atoms with Crippen molar-refractivity contribution in [2.45, 2.75) is 19.8 Å². The SMILES string of the molecule is Cc1ccc(-c2nn(-c3ccccc3)cc2CCC(=O)N2CCOCC2)cc1. The smallest absolute Gasteiger partial charge is 0.223 e. The molecule has 0 bridgehead atoms. The zero-order chi connectivity index (χ0) is 19.3. The summed E-state index contributed by atoms with van der Waals surface area (Å²) in [5.41, 5.74) is 5.35. The van der Waals surface area contributed by atoms with Crippen LogP contribution in [0.3, 0.4) is 0 Å². The number of carbonyl (C=O) groups excluding carboxylic acids is 1. The molecule has 0 saturated carbocycles.